The number of nitriles is 1. The van der Waals surface area contributed by atoms with Gasteiger partial charge < -0.3 is 9.84 Å². The van der Waals surface area contributed by atoms with Gasteiger partial charge in [0.2, 0.25) is 0 Å². The van der Waals surface area contributed by atoms with Crippen LogP contribution in [0.4, 0.5) is 0 Å². The minimum atomic E-state index is -0.0540. The summed E-state index contributed by atoms with van der Waals surface area (Å²) < 4.78 is 5.60. The molecule has 4 nitrogen and oxygen atoms in total. The molecule has 2 rings (SSSR count). The smallest absolute Gasteiger partial charge is 0.0936 e. The van der Waals surface area contributed by atoms with Crippen LogP contribution in [0.15, 0.2) is 0 Å². The minimum Gasteiger partial charge on any atom is -0.394 e. The Morgan fingerprint density at radius 2 is 2.25 bits per heavy atom. The van der Waals surface area contributed by atoms with E-state index in [1.807, 2.05) is 6.92 Å². The molecule has 90 valence electrons. The zero-order chi connectivity index (χ0) is 11.6. The molecule has 2 fully saturated rings. The third-order valence-electron chi connectivity index (χ3n) is 3.58. The molecule has 2 atom stereocenters. The highest BCUT2D eigenvalue weighted by Gasteiger charge is 2.44. The van der Waals surface area contributed by atoms with E-state index in [9.17, 15) is 0 Å². The van der Waals surface area contributed by atoms with Crippen LogP contribution >= 0.6 is 0 Å². The first kappa shape index (κ1) is 11.8. The van der Waals surface area contributed by atoms with Crippen molar-refractivity contribution in [1.29, 1.82) is 5.26 Å². The molecule has 1 saturated heterocycles. The van der Waals surface area contributed by atoms with Crippen molar-refractivity contribution < 1.29 is 9.84 Å². The monoisotopic (exact) mass is 224 g/mol. The topological polar surface area (TPSA) is 56.5 Å². The van der Waals surface area contributed by atoms with Crippen LogP contribution in [0, 0.1) is 16.7 Å². The number of nitrogens with zero attached hydrogens (tertiary/aromatic N) is 2. The molecule has 4 heteroatoms. The average Bonchev–Trinajstić information content (AvgIpc) is 2.97. The van der Waals surface area contributed by atoms with Crippen LogP contribution in [0.5, 0.6) is 0 Å². The van der Waals surface area contributed by atoms with E-state index in [-0.39, 0.29) is 24.2 Å². The van der Waals surface area contributed by atoms with E-state index < -0.39 is 0 Å². The Morgan fingerprint density at radius 1 is 1.50 bits per heavy atom. The molecule has 0 amide bonds. The maximum absolute atomic E-state index is 9.14. The molecule has 1 saturated carbocycles. The van der Waals surface area contributed by atoms with Gasteiger partial charge in [-0.3, -0.25) is 4.90 Å². The summed E-state index contributed by atoms with van der Waals surface area (Å²) in [6, 6.07) is 2.29. The van der Waals surface area contributed by atoms with E-state index in [1.54, 1.807) is 0 Å². The first-order valence-electron chi connectivity index (χ1n) is 6.03. The number of rotatable bonds is 4. The third-order valence-corrected chi connectivity index (χ3v) is 3.58. The van der Waals surface area contributed by atoms with E-state index in [4.69, 9.17) is 15.1 Å². The first-order valence-corrected chi connectivity index (χ1v) is 6.03. The van der Waals surface area contributed by atoms with E-state index >= 15 is 0 Å². The lowest BCUT2D eigenvalue weighted by molar-refractivity contribution is -0.0986. The van der Waals surface area contributed by atoms with Crippen LogP contribution in [0.25, 0.3) is 0 Å². The van der Waals surface area contributed by atoms with Gasteiger partial charge in [0.1, 0.15) is 0 Å². The second-order valence-corrected chi connectivity index (χ2v) is 5.28. The zero-order valence-corrected chi connectivity index (χ0v) is 9.85. The predicted molar refractivity (Wildman–Crippen MR) is 59.8 cm³/mol. The van der Waals surface area contributed by atoms with E-state index in [0.717, 1.165) is 19.6 Å². The summed E-state index contributed by atoms with van der Waals surface area (Å²) in [4.78, 5) is 2.35. The van der Waals surface area contributed by atoms with Gasteiger partial charge in [-0.2, -0.15) is 5.26 Å². The second-order valence-electron chi connectivity index (χ2n) is 5.28. The molecular weight excluding hydrogens is 204 g/mol. The second kappa shape index (κ2) is 4.70. The fraction of sp³-hybridized carbons (Fsp3) is 0.917. The fourth-order valence-electron chi connectivity index (χ4n) is 2.58. The largest absolute Gasteiger partial charge is 0.394 e. The normalized spacial score (nSPS) is 33.3. The van der Waals surface area contributed by atoms with Crippen molar-refractivity contribution in [2.45, 2.75) is 38.4 Å². The summed E-state index contributed by atoms with van der Waals surface area (Å²) >= 11 is 0. The highest BCUT2D eigenvalue weighted by molar-refractivity contribution is 5.01. The summed E-state index contributed by atoms with van der Waals surface area (Å²) in [6.07, 6.45) is 3.15. The molecular formula is C12H20N2O2. The highest BCUT2D eigenvalue weighted by atomic mass is 16.5. The van der Waals surface area contributed by atoms with Gasteiger partial charge in [0, 0.05) is 26.1 Å². The Bertz CT molecular complexity index is 283. The highest BCUT2D eigenvalue weighted by Crippen LogP contribution is 2.49. The van der Waals surface area contributed by atoms with Gasteiger partial charge in [-0.05, 0) is 25.2 Å². The molecule has 0 spiro atoms. The minimum absolute atomic E-state index is 0.0540. The van der Waals surface area contributed by atoms with Crippen LogP contribution in [-0.4, -0.2) is 48.5 Å². The molecule has 2 unspecified atom stereocenters. The van der Waals surface area contributed by atoms with E-state index in [0.29, 0.717) is 6.42 Å². The summed E-state index contributed by atoms with van der Waals surface area (Å²) in [7, 11) is 0. The van der Waals surface area contributed by atoms with Crippen molar-refractivity contribution >= 4 is 0 Å². The zero-order valence-electron chi connectivity index (χ0n) is 9.85. The van der Waals surface area contributed by atoms with E-state index in [1.165, 1.54) is 12.8 Å². The molecule has 1 aliphatic heterocycles. The summed E-state index contributed by atoms with van der Waals surface area (Å²) in [5.74, 6) is 0. The number of ether oxygens (including phenoxy) is 1. The quantitative estimate of drug-likeness (QED) is 0.766. The lowest BCUT2D eigenvalue weighted by Gasteiger charge is -2.37. The molecule has 1 heterocycles. The number of morpholine rings is 1. The lowest BCUT2D eigenvalue weighted by Crippen LogP contribution is -2.49. The van der Waals surface area contributed by atoms with Gasteiger partial charge in [0.25, 0.3) is 0 Å². The standard InChI is InChI=1S/C12H20N2O2/c1-10-6-14(7-11(8-15)16-10)9-12(2-3-12)4-5-13/h10-11,15H,2-4,6-9H2,1H3. The average molecular weight is 224 g/mol. The van der Waals surface area contributed by atoms with Gasteiger partial charge in [-0.15, -0.1) is 0 Å². The molecule has 2 aliphatic rings. The Morgan fingerprint density at radius 3 is 2.81 bits per heavy atom. The molecule has 0 bridgehead atoms. The van der Waals surface area contributed by atoms with Gasteiger partial charge in [-0.25, -0.2) is 0 Å². The van der Waals surface area contributed by atoms with Gasteiger partial charge in [-0.1, -0.05) is 0 Å². The molecule has 0 aromatic carbocycles. The van der Waals surface area contributed by atoms with Crippen molar-refractivity contribution in [3.63, 3.8) is 0 Å². The van der Waals surface area contributed by atoms with Crippen molar-refractivity contribution in [2.24, 2.45) is 5.41 Å². The van der Waals surface area contributed by atoms with Crippen LogP contribution in [0.3, 0.4) is 0 Å². The van der Waals surface area contributed by atoms with Crippen LogP contribution in [0.1, 0.15) is 26.2 Å². The van der Waals surface area contributed by atoms with Gasteiger partial charge in [0.05, 0.1) is 24.9 Å². The number of hydrogen-bond acceptors (Lipinski definition) is 4. The molecule has 16 heavy (non-hydrogen) atoms. The Balaban J connectivity index is 1.87. The SMILES string of the molecule is CC1CN(CC2(CC#N)CC2)CC(CO)O1. The Kier molecular flexibility index (Phi) is 3.48. The molecule has 1 N–H and O–H groups in total. The summed E-state index contributed by atoms with van der Waals surface area (Å²) in [5, 5.41) is 17.9. The van der Waals surface area contributed by atoms with Gasteiger partial charge >= 0.3 is 0 Å². The summed E-state index contributed by atoms with van der Waals surface area (Å²) in [6.45, 7) is 4.84. The van der Waals surface area contributed by atoms with Crippen molar-refractivity contribution in [1.82, 2.24) is 4.90 Å². The Hall–Kier alpha value is -0.630. The third kappa shape index (κ3) is 2.73. The first-order chi connectivity index (χ1) is 7.67. The van der Waals surface area contributed by atoms with Crippen molar-refractivity contribution in [3.8, 4) is 6.07 Å². The maximum Gasteiger partial charge on any atom is 0.0936 e. The van der Waals surface area contributed by atoms with Crippen LogP contribution in [0.2, 0.25) is 0 Å². The molecule has 0 aromatic rings. The van der Waals surface area contributed by atoms with Crippen molar-refractivity contribution in [2.75, 3.05) is 26.2 Å². The number of aliphatic hydroxyl groups is 1. The van der Waals surface area contributed by atoms with E-state index in [2.05, 4.69) is 11.0 Å². The predicted octanol–water partition coefficient (Wildman–Crippen LogP) is 0.762. The number of hydrogen-bond donors (Lipinski definition) is 1. The van der Waals surface area contributed by atoms with Crippen LogP contribution in [-0.2, 0) is 4.74 Å². The van der Waals surface area contributed by atoms with Crippen molar-refractivity contribution in [3.05, 3.63) is 0 Å². The maximum atomic E-state index is 9.14. The molecule has 0 aromatic heterocycles. The fourth-order valence-corrected chi connectivity index (χ4v) is 2.58. The summed E-state index contributed by atoms with van der Waals surface area (Å²) in [5.41, 5.74) is 0.256. The molecule has 0 radical (unpaired) electrons. The molecule has 1 aliphatic carbocycles. The van der Waals surface area contributed by atoms with Gasteiger partial charge in [0.15, 0.2) is 0 Å². The Labute approximate surface area is 96.8 Å². The van der Waals surface area contributed by atoms with Crippen LogP contribution < -0.4 is 0 Å². The number of aliphatic hydroxyl groups excluding tert-OH is 1. The lowest BCUT2D eigenvalue weighted by atomic mass is 10.0.